The van der Waals surface area contributed by atoms with Crippen LogP contribution >= 0.6 is 11.3 Å². The lowest BCUT2D eigenvalue weighted by atomic mass is 9.90. The molecular formula is C10H18N2S. The lowest BCUT2D eigenvalue weighted by molar-refractivity contribution is 0.379. The van der Waals surface area contributed by atoms with Gasteiger partial charge in [0.2, 0.25) is 0 Å². The van der Waals surface area contributed by atoms with Gasteiger partial charge in [0, 0.05) is 4.88 Å². The van der Waals surface area contributed by atoms with Crippen molar-refractivity contribution in [3.63, 3.8) is 0 Å². The van der Waals surface area contributed by atoms with E-state index in [1.54, 1.807) is 11.3 Å². The third-order valence-corrected chi connectivity index (χ3v) is 3.06. The number of thiazole rings is 1. The van der Waals surface area contributed by atoms with Gasteiger partial charge in [-0.2, -0.15) is 0 Å². The number of nitrogens with two attached hydrogens (primary N) is 1. The predicted molar refractivity (Wildman–Crippen MR) is 59.0 cm³/mol. The molecule has 0 bridgehead atoms. The molecule has 0 aliphatic carbocycles. The Morgan fingerprint density at radius 2 is 2.00 bits per heavy atom. The van der Waals surface area contributed by atoms with Crippen molar-refractivity contribution in [3.8, 4) is 0 Å². The van der Waals surface area contributed by atoms with Crippen molar-refractivity contribution in [1.82, 2.24) is 4.98 Å². The van der Waals surface area contributed by atoms with Crippen LogP contribution < -0.4 is 5.73 Å². The normalized spacial score (nSPS) is 12.0. The quantitative estimate of drug-likeness (QED) is 0.793. The molecule has 0 unspecified atom stereocenters. The summed E-state index contributed by atoms with van der Waals surface area (Å²) < 4.78 is 0. The highest BCUT2D eigenvalue weighted by atomic mass is 32.1. The number of rotatable bonds is 2. The van der Waals surface area contributed by atoms with Gasteiger partial charge in [-0.15, -0.1) is 11.3 Å². The van der Waals surface area contributed by atoms with Gasteiger partial charge in [0.25, 0.3) is 0 Å². The molecule has 1 aromatic heterocycles. The molecule has 1 heterocycles. The first-order valence-electron chi connectivity index (χ1n) is 4.60. The Kier molecular flexibility index (Phi) is 2.96. The number of anilines is 1. The molecular weight excluding hydrogens is 180 g/mol. The molecule has 0 aromatic carbocycles. The second-order valence-electron chi connectivity index (χ2n) is 4.62. The highest BCUT2D eigenvalue weighted by molar-refractivity contribution is 7.15. The molecule has 0 radical (unpaired) electrons. The Hall–Kier alpha value is -0.570. The van der Waals surface area contributed by atoms with Crippen molar-refractivity contribution in [2.45, 2.75) is 40.5 Å². The second kappa shape index (κ2) is 3.66. The van der Waals surface area contributed by atoms with E-state index in [0.29, 0.717) is 10.5 Å². The van der Waals surface area contributed by atoms with Crippen molar-refractivity contribution >= 4 is 16.5 Å². The number of hydrogen-bond donors (Lipinski definition) is 1. The van der Waals surface area contributed by atoms with Crippen molar-refractivity contribution < 1.29 is 0 Å². The van der Waals surface area contributed by atoms with Crippen LogP contribution in [0.5, 0.6) is 0 Å². The molecule has 0 saturated carbocycles. The number of nitrogen functional groups attached to an aromatic ring is 1. The van der Waals surface area contributed by atoms with Gasteiger partial charge >= 0.3 is 0 Å². The average molecular weight is 198 g/mol. The monoisotopic (exact) mass is 198 g/mol. The van der Waals surface area contributed by atoms with Crippen LogP contribution in [0, 0.1) is 12.3 Å². The van der Waals surface area contributed by atoms with Crippen LogP contribution in [0.25, 0.3) is 0 Å². The molecule has 0 atom stereocenters. The lowest BCUT2D eigenvalue weighted by Crippen LogP contribution is -2.06. The minimum atomic E-state index is 0.394. The summed E-state index contributed by atoms with van der Waals surface area (Å²) >= 11 is 1.62. The van der Waals surface area contributed by atoms with E-state index < -0.39 is 0 Å². The van der Waals surface area contributed by atoms with Crippen molar-refractivity contribution in [1.29, 1.82) is 0 Å². The summed E-state index contributed by atoms with van der Waals surface area (Å²) in [5.74, 6) is 0. The smallest absolute Gasteiger partial charge is 0.180 e. The summed E-state index contributed by atoms with van der Waals surface area (Å²) in [6.07, 6.45) is 2.29. The molecule has 3 heteroatoms. The van der Waals surface area contributed by atoms with Crippen molar-refractivity contribution in [2.24, 2.45) is 5.41 Å². The molecule has 0 aliphatic rings. The summed E-state index contributed by atoms with van der Waals surface area (Å²) in [6, 6.07) is 0. The zero-order valence-electron chi connectivity index (χ0n) is 8.85. The standard InChI is InChI=1S/C10H18N2S/c1-7-8(13-9(11)12-7)5-6-10(2,3)4/h5-6H2,1-4H3,(H2,11,12). The number of aromatic nitrogens is 1. The summed E-state index contributed by atoms with van der Waals surface area (Å²) in [4.78, 5) is 5.55. The third-order valence-electron chi connectivity index (χ3n) is 2.01. The van der Waals surface area contributed by atoms with E-state index in [-0.39, 0.29) is 0 Å². The third kappa shape index (κ3) is 3.35. The molecule has 0 aliphatic heterocycles. The first-order valence-corrected chi connectivity index (χ1v) is 5.42. The van der Waals surface area contributed by atoms with E-state index in [2.05, 4.69) is 25.8 Å². The van der Waals surface area contributed by atoms with E-state index in [9.17, 15) is 0 Å². The van der Waals surface area contributed by atoms with Crippen LogP contribution in [0.15, 0.2) is 0 Å². The minimum absolute atomic E-state index is 0.394. The van der Waals surface area contributed by atoms with Crippen molar-refractivity contribution in [2.75, 3.05) is 5.73 Å². The molecule has 2 N–H and O–H groups in total. The predicted octanol–water partition coefficient (Wildman–Crippen LogP) is 3.01. The molecule has 1 aromatic rings. The van der Waals surface area contributed by atoms with Gasteiger partial charge in [-0.05, 0) is 25.2 Å². The van der Waals surface area contributed by atoms with Gasteiger partial charge in [0.05, 0.1) is 5.69 Å². The van der Waals surface area contributed by atoms with E-state index in [4.69, 9.17) is 5.73 Å². The van der Waals surface area contributed by atoms with Crippen LogP contribution in [-0.4, -0.2) is 4.98 Å². The molecule has 74 valence electrons. The topological polar surface area (TPSA) is 38.9 Å². The van der Waals surface area contributed by atoms with Crippen LogP contribution in [0.2, 0.25) is 0 Å². The Balaban J connectivity index is 2.59. The minimum Gasteiger partial charge on any atom is -0.375 e. The molecule has 0 amide bonds. The van der Waals surface area contributed by atoms with Gasteiger partial charge in [0.15, 0.2) is 5.13 Å². The molecule has 0 fully saturated rings. The first-order chi connectivity index (χ1) is 5.88. The molecule has 2 nitrogen and oxygen atoms in total. The molecule has 1 rings (SSSR count). The molecule has 13 heavy (non-hydrogen) atoms. The summed E-state index contributed by atoms with van der Waals surface area (Å²) in [5.41, 5.74) is 7.12. The van der Waals surface area contributed by atoms with E-state index in [0.717, 1.165) is 12.1 Å². The number of aryl methyl sites for hydroxylation is 2. The van der Waals surface area contributed by atoms with E-state index in [1.807, 2.05) is 6.92 Å². The molecule has 0 spiro atoms. The van der Waals surface area contributed by atoms with Crippen LogP contribution in [0.1, 0.15) is 37.8 Å². The summed E-state index contributed by atoms with van der Waals surface area (Å²) in [7, 11) is 0. The lowest BCUT2D eigenvalue weighted by Gasteiger charge is -2.16. The van der Waals surface area contributed by atoms with Crippen LogP contribution in [0.3, 0.4) is 0 Å². The number of nitrogens with zero attached hydrogens (tertiary/aromatic N) is 1. The van der Waals surface area contributed by atoms with Gasteiger partial charge in [-0.25, -0.2) is 4.98 Å². The largest absolute Gasteiger partial charge is 0.375 e. The highest BCUT2D eigenvalue weighted by Gasteiger charge is 2.12. The zero-order chi connectivity index (χ0) is 10.1. The Morgan fingerprint density at radius 1 is 1.38 bits per heavy atom. The van der Waals surface area contributed by atoms with E-state index in [1.165, 1.54) is 11.3 Å². The molecule has 0 saturated heterocycles. The van der Waals surface area contributed by atoms with Gasteiger partial charge in [-0.3, -0.25) is 0 Å². The summed E-state index contributed by atoms with van der Waals surface area (Å²) in [5, 5.41) is 0.696. The zero-order valence-corrected chi connectivity index (χ0v) is 9.66. The first kappa shape index (κ1) is 10.5. The number of hydrogen-bond acceptors (Lipinski definition) is 3. The maximum atomic E-state index is 5.63. The van der Waals surface area contributed by atoms with Gasteiger partial charge in [0.1, 0.15) is 0 Å². The summed E-state index contributed by atoms with van der Waals surface area (Å²) in [6.45, 7) is 8.80. The van der Waals surface area contributed by atoms with Gasteiger partial charge in [-0.1, -0.05) is 20.8 Å². The fourth-order valence-corrected chi connectivity index (χ4v) is 2.00. The SMILES string of the molecule is Cc1nc(N)sc1CCC(C)(C)C. The maximum absolute atomic E-state index is 5.63. The van der Waals surface area contributed by atoms with Crippen LogP contribution in [-0.2, 0) is 6.42 Å². The fraction of sp³-hybridized carbons (Fsp3) is 0.700. The Morgan fingerprint density at radius 3 is 2.38 bits per heavy atom. The Bertz CT molecular complexity index is 284. The van der Waals surface area contributed by atoms with E-state index >= 15 is 0 Å². The Labute approximate surface area is 84.2 Å². The van der Waals surface area contributed by atoms with Crippen LogP contribution in [0.4, 0.5) is 5.13 Å². The second-order valence-corrected chi connectivity index (χ2v) is 5.74. The van der Waals surface area contributed by atoms with Gasteiger partial charge < -0.3 is 5.73 Å². The maximum Gasteiger partial charge on any atom is 0.180 e. The highest BCUT2D eigenvalue weighted by Crippen LogP contribution is 2.26. The van der Waals surface area contributed by atoms with Crippen molar-refractivity contribution in [3.05, 3.63) is 10.6 Å². The fourth-order valence-electron chi connectivity index (χ4n) is 1.17. The average Bonchev–Trinajstić information content (AvgIpc) is 2.24.